The Labute approximate surface area is 171 Å². The molecule has 1 aromatic carbocycles. The number of hydrogen-bond acceptors (Lipinski definition) is 2. The lowest BCUT2D eigenvalue weighted by Gasteiger charge is -2.11. The molecular weight excluding hydrogens is 410 g/mol. The monoisotopic (exact) mass is 420 g/mol. The lowest BCUT2D eigenvalue weighted by molar-refractivity contribution is 1.32. The maximum atomic E-state index is 6.44. The van der Waals surface area contributed by atoms with Gasteiger partial charge in [0.1, 0.15) is 0 Å². The number of rotatable bonds is 4. The SMILES string of the molecule is Clc1c(Cl)c(/C=C/c2ccncc2)c(Cl)c(Cl)c1C=Cc1ccncc1. The second kappa shape index (κ2) is 8.70. The van der Waals surface area contributed by atoms with Gasteiger partial charge in [-0.05, 0) is 35.4 Å². The van der Waals surface area contributed by atoms with Crippen LogP contribution >= 0.6 is 46.4 Å². The molecule has 6 heteroatoms. The van der Waals surface area contributed by atoms with Crippen LogP contribution in [0.5, 0.6) is 0 Å². The van der Waals surface area contributed by atoms with Gasteiger partial charge >= 0.3 is 0 Å². The first-order valence-corrected chi connectivity index (χ1v) is 9.11. The Hall–Kier alpha value is -1.84. The van der Waals surface area contributed by atoms with Gasteiger partial charge in [0.25, 0.3) is 0 Å². The number of hydrogen-bond donors (Lipinski definition) is 0. The van der Waals surface area contributed by atoms with Crippen LogP contribution in [0.15, 0.2) is 49.1 Å². The van der Waals surface area contributed by atoms with Crippen molar-refractivity contribution in [1.82, 2.24) is 9.97 Å². The first-order chi connectivity index (χ1) is 12.6. The second-order valence-corrected chi connectivity index (χ2v) is 6.82. The van der Waals surface area contributed by atoms with Crippen molar-refractivity contribution in [3.63, 3.8) is 0 Å². The molecule has 0 atom stereocenters. The van der Waals surface area contributed by atoms with Gasteiger partial charge in [0.2, 0.25) is 0 Å². The molecule has 130 valence electrons. The Bertz CT molecular complexity index is 859. The molecule has 3 aromatic rings. The van der Waals surface area contributed by atoms with E-state index in [1.54, 1.807) is 36.9 Å². The highest BCUT2D eigenvalue weighted by Gasteiger charge is 2.17. The summed E-state index contributed by atoms with van der Waals surface area (Å²) in [5.41, 5.74) is 3.06. The van der Waals surface area contributed by atoms with Gasteiger partial charge in [-0.25, -0.2) is 0 Å². The molecule has 2 aromatic heterocycles. The molecule has 0 fully saturated rings. The molecule has 0 radical (unpaired) electrons. The normalized spacial score (nSPS) is 11.5. The summed E-state index contributed by atoms with van der Waals surface area (Å²) in [6.45, 7) is 0. The quantitative estimate of drug-likeness (QED) is 0.409. The fraction of sp³-hybridized carbons (Fsp3) is 0. The molecule has 0 spiro atoms. The lowest BCUT2D eigenvalue weighted by Crippen LogP contribution is -1.88. The Balaban J connectivity index is 2.00. The van der Waals surface area contributed by atoms with E-state index in [1.165, 1.54) is 0 Å². The largest absolute Gasteiger partial charge is 0.265 e. The highest BCUT2D eigenvalue weighted by atomic mass is 35.5. The van der Waals surface area contributed by atoms with Crippen LogP contribution in [-0.4, -0.2) is 9.97 Å². The zero-order valence-corrected chi connectivity index (χ0v) is 16.4. The molecule has 2 nitrogen and oxygen atoms in total. The number of nitrogens with zero attached hydrogens (tertiary/aromatic N) is 2. The number of benzene rings is 1. The predicted molar refractivity (Wildman–Crippen MR) is 113 cm³/mol. The summed E-state index contributed by atoms with van der Waals surface area (Å²) in [5, 5.41) is 1.39. The summed E-state index contributed by atoms with van der Waals surface area (Å²) in [7, 11) is 0. The summed E-state index contributed by atoms with van der Waals surface area (Å²) in [6.07, 6.45) is 14.1. The fourth-order valence-corrected chi connectivity index (χ4v) is 3.40. The maximum absolute atomic E-state index is 6.44. The van der Waals surface area contributed by atoms with Crippen molar-refractivity contribution in [3.8, 4) is 0 Å². The second-order valence-electron chi connectivity index (χ2n) is 5.31. The molecule has 26 heavy (non-hydrogen) atoms. The third-order valence-electron chi connectivity index (χ3n) is 3.63. The highest BCUT2D eigenvalue weighted by molar-refractivity contribution is 6.50. The summed E-state index contributed by atoms with van der Waals surface area (Å²) < 4.78 is 0. The zero-order chi connectivity index (χ0) is 18.5. The molecule has 3 rings (SSSR count). The van der Waals surface area contributed by atoms with E-state index in [9.17, 15) is 0 Å². The molecule has 0 aliphatic heterocycles. The topological polar surface area (TPSA) is 25.8 Å². The molecule has 0 aliphatic carbocycles. The number of halogens is 4. The van der Waals surface area contributed by atoms with Gasteiger partial charge in [0, 0.05) is 35.9 Å². The Morgan fingerprint density at radius 3 is 1.12 bits per heavy atom. The minimum absolute atomic E-state index is 0.348. The van der Waals surface area contributed by atoms with Gasteiger partial charge in [-0.3, -0.25) is 9.97 Å². The third kappa shape index (κ3) is 4.28. The smallest absolute Gasteiger partial charge is 0.0686 e. The summed E-state index contributed by atoms with van der Waals surface area (Å²) in [5.74, 6) is 0. The zero-order valence-electron chi connectivity index (χ0n) is 13.3. The van der Waals surface area contributed by atoms with Crippen LogP contribution in [-0.2, 0) is 0 Å². The molecule has 0 saturated carbocycles. The minimum atomic E-state index is 0.348. The molecule has 0 amide bonds. The van der Waals surface area contributed by atoms with E-state index >= 15 is 0 Å². The highest BCUT2D eigenvalue weighted by Crippen LogP contribution is 2.42. The molecule has 2 heterocycles. The first kappa shape index (κ1) is 18.9. The van der Waals surface area contributed by atoms with E-state index < -0.39 is 0 Å². The number of pyridine rings is 2. The van der Waals surface area contributed by atoms with Crippen LogP contribution in [0.25, 0.3) is 24.3 Å². The van der Waals surface area contributed by atoms with Crippen molar-refractivity contribution < 1.29 is 0 Å². The van der Waals surface area contributed by atoms with E-state index in [2.05, 4.69) is 9.97 Å². The van der Waals surface area contributed by atoms with Gasteiger partial charge in [-0.1, -0.05) is 70.7 Å². The van der Waals surface area contributed by atoms with Gasteiger partial charge in [0.15, 0.2) is 0 Å². The molecule has 0 aliphatic rings. The van der Waals surface area contributed by atoms with Crippen LogP contribution < -0.4 is 0 Å². The Morgan fingerprint density at radius 1 is 0.500 bits per heavy atom. The van der Waals surface area contributed by atoms with Crippen LogP contribution in [0.4, 0.5) is 0 Å². The first-order valence-electron chi connectivity index (χ1n) is 7.60. The maximum Gasteiger partial charge on any atom is 0.0686 e. The predicted octanol–water partition coefficient (Wildman–Crippen LogP) is 7.43. The molecule has 0 unspecified atom stereocenters. The van der Waals surface area contributed by atoms with Crippen molar-refractivity contribution in [2.45, 2.75) is 0 Å². The van der Waals surface area contributed by atoms with Crippen molar-refractivity contribution >= 4 is 70.7 Å². The summed E-state index contributed by atoms with van der Waals surface area (Å²) in [4.78, 5) is 7.96. The van der Waals surface area contributed by atoms with Crippen LogP contribution in [0.3, 0.4) is 0 Å². The molecule has 0 N–H and O–H groups in total. The van der Waals surface area contributed by atoms with Crippen LogP contribution in [0.1, 0.15) is 22.3 Å². The lowest BCUT2D eigenvalue weighted by atomic mass is 10.1. The Morgan fingerprint density at radius 2 is 0.808 bits per heavy atom. The third-order valence-corrected chi connectivity index (χ3v) is 5.39. The van der Waals surface area contributed by atoms with Crippen LogP contribution in [0.2, 0.25) is 20.1 Å². The number of aromatic nitrogens is 2. The van der Waals surface area contributed by atoms with Gasteiger partial charge in [0.05, 0.1) is 20.1 Å². The average Bonchev–Trinajstić information content (AvgIpc) is 2.68. The van der Waals surface area contributed by atoms with Crippen molar-refractivity contribution in [1.29, 1.82) is 0 Å². The fourth-order valence-electron chi connectivity index (χ4n) is 2.27. The molecule has 0 saturated heterocycles. The van der Waals surface area contributed by atoms with E-state index in [-0.39, 0.29) is 0 Å². The van der Waals surface area contributed by atoms with Crippen molar-refractivity contribution in [2.24, 2.45) is 0 Å². The van der Waals surface area contributed by atoms with Gasteiger partial charge in [-0.15, -0.1) is 0 Å². The van der Waals surface area contributed by atoms with E-state index in [0.29, 0.717) is 31.2 Å². The molecule has 0 bridgehead atoms. The average molecular weight is 422 g/mol. The summed E-state index contributed by atoms with van der Waals surface area (Å²) >= 11 is 25.8. The van der Waals surface area contributed by atoms with Gasteiger partial charge < -0.3 is 0 Å². The van der Waals surface area contributed by atoms with Gasteiger partial charge in [-0.2, -0.15) is 0 Å². The van der Waals surface area contributed by atoms with E-state index in [0.717, 1.165) is 11.1 Å². The summed E-state index contributed by atoms with van der Waals surface area (Å²) in [6, 6.07) is 7.47. The standard InChI is InChI=1S/C20H12Cl4N2/c21-17-15(3-1-13-5-9-25-10-6-13)18(22)20(24)16(19(17)23)4-2-14-7-11-26-12-8-14/h1-12H/b3-1+,4-2?. The van der Waals surface area contributed by atoms with E-state index in [1.807, 2.05) is 36.4 Å². The Kier molecular flexibility index (Phi) is 6.33. The minimum Gasteiger partial charge on any atom is -0.265 e. The molecular formula is C20H12Cl4N2. The van der Waals surface area contributed by atoms with Crippen molar-refractivity contribution in [2.75, 3.05) is 0 Å². The van der Waals surface area contributed by atoms with E-state index in [4.69, 9.17) is 46.4 Å². The van der Waals surface area contributed by atoms with Crippen molar-refractivity contribution in [3.05, 3.63) is 91.4 Å². The van der Waals surface area contributed by atoms with Crippen LogP contribution in [0, 0.1) is 0 Å².